The van der Waals surface area contributed by atoms with Crippen LogP contribution in [0.2, 0.25) is 0 Å². The quantitative estimate of drug-likeness (QED) is 0.480. The van der Waals surface area contributed by atoms with E-state index in [4.69, 9.17) is 10.5 Å². The van der Waals surface area contributed by atoms with Gasteiger partial charge >= 0.3 is 6.03 Å². The summed E-state index contributed by atoms with van der Waals surface area (Å²) in [6.45, 7) is 3.68. The number of sulfonamides is 1. The highest BCUT2D eigenvalue weighted by molar-refractivity contribution is 7.92. The summed E-state index contributed by atoms with van der Waals surface area (Å²) < 4.78 is 33.2. The number of primary amides is 1. The molecule has 5 N–H and O–H groups in total. The number of ether oxygens (including phenoxy) is 1. The van der Waals surface area contributed by atoms with E-state index in [0.717, 1.165) is 0 Å². The van der Waals surface area contributed by atoms with Crippen molar-refractivity contribution < 1.29 is 22.7 Å². The number of nitrogens with one attached hydrogen (secondary N) is 3. The van der Waals surface area contributed by atoms with Crippen LogP contribution in [0.3, 0.4) is 0 Å². The average molecular weight is 435 g/mol. The number of rotatable bonds is 9. The Hall–Kier alpha value is -3.27. The number of methoxy groups -OCH3 is 1. The maximum Gasteiger partial charge on any atom is 0.312 e. The largest absolute Gasteiger partial charge is 0.495 e. The third kappa shape index (κ3) is 5.86. The van der Waals surface area contributed by atoms with Crippen molar-refractivity contribution in [3.8, 4) is 5.75 Å². The summed E-state index contributed by atoms with van der Waals surface area (Å²) in [7, 11) is -2.49. The predicted octanol–water partition coefficient (Wildman–Crippen LogP) is 2.52. The number of hydrogen-bond donors (Lipinski definition) is 4. The first-order chi connectivity index (χ1) is 14.2. The Balaban J connectivity index is 2.24. The van der Waals surface area contributed by atoms with Crippen LogP contribution in [0.25, 0.3) is 0 Å². The summed E-state index contributed by atoms with van der Waals surface area (Å²) in [5.41, 5.74) is 5.72. The molecule has 162 valence electrons. The molecule has 0 saturated heterocycles. The lowest BCUT2D eigenvalue weighted by atomic mass is 9.98. The predicted molar refractivity (Wildman–Crippen MR) is 115 cm³/mol. The Labute approximate surface area is 176 Å². The molecule has 0 saturated carbocycles. The lowest BCUT2D eigenvalue weighted by Gasteiger charge is -2.22. The van der Waals surface area contributed by atoms with E-state index in [-0.39, 0.29) is 22.2 Å². The maximum atomic E-state index is 12.8. The van der Waals surface area contributed by atoms with E-state index < -0.39 is 28.0 Å². The number of carbonyl (C=O) groups is 2. The van der Waals surface area contributed by atoms with E-state index >= 15 is 0 Å². The zero-order valence-electron chi connectivity index (χ0n) is 17.0. The molecular weight excluding hydrogens is 408 g/mol. The van der Waals surface area contributed by atoms with Crippen LogP contribution in [-0.4, -0.2) is 33.5 Å². The number of urea groups is 1. The van der Waals surface area contributed by atoms with E-state index in [2.05, 4.69) is 15.4 Å². The van der Waals surface area contributed by atoms with Crippen molar-refractivity contribution in [2.24, 2.45) is 11.7 Å². The van der Waals surface area contributed by atoms with Crippen molar-refractivity contribution >= 4 is 33.3 Å². The molecule has 10 heteroatoms. The van der Waals surface area contributed by atoms with Gasteiger partial charge < -0.3 is 21.1 Å². The van der Waals surface area contributed by atoms with Gasteiger partial charge in [-0.2, -0.15) is 0 Å². The molecule has 2 unspecified atom stereocenters. The third-order valence-corrected chi connectivity index (χ3v) is 5.92. The summed E-state index contributed by atoms with van der Waals surface area (Å²) in [5.74, 6) is -0.286. The van der Waals surface area contributed by atoms with Crippen LogP contribution in [0.15, 0.2) is 53.4 Å². The first-order valence-electron chi connectivity index (χ1n) is 9.30. The average Bonchev–Trinajstić information content (AvgIpc) is 2.71. The van der Waals surface area contributed by atoms with Crippen LogP contribution in [-0.2, 0) is 14.8 Å². The van der Waals surface area contributed by atoms with Crippen LogP contribution in [0.4, 0.5) is 16.2 Å². The molecule has 2 rings (SSSR count). The van der Waals surface area contributed by atoms with E-state index in [1.807, 2.05) is 6.92 Å². The topological polar surface area (TPSA) is 140 Å². The Morgan fingerprint density at radius 1 is 1.13 bits per heavy atom. The summed E-state index contributed by atoms with van der Waals surface area (Å²) in [6.07, 6.45) is 0.635. The van der Waals surface area contributed by atoms with E-state index in [0.29, 0.717) is 12.2 Å². The second kappa shape index (κ2) is 9.97. The van der Waals surface area contributed by atoms with Crippen molar-refractivity contribution in [3.05, 3.63) is 48.5 Å². The normalized spacial score (nSPS) is 13.0. The minimum Gasteiger partial charge on any atom is -0.495 e. The molecule has 0 aromatic heterocycles. The van der Waals surface area contributed by atoms with Gasteiger partial charge in [-0.1, -0.05) is 38.5 Å². The molecule has 2 aromatic carbocycles. The molecule has 0 bridgehead atoms. The fraction of sp³-hybridized carbons (Fsp3) is 0.300. The van der Waals surface area contributed by atoms with Gasteiger partial charge in [-0.15, -0.1) is 0 Å². The van der Waals surface area contributed by atoms with Gasteiger partial charge in [0.1, 0.15) is 11.8 Å². The molecule has 0 aliphatic rings. The van der Waals surface area contributed by atoms with Crippen molar-refractivity contribution in [1.82, 2.24) is 5.32 Å². The molecule has 30 heavy (non-hydrogen) atoms. The van der Waals surface area contributed by atoms with Gasteiger partial charge in [0, 0.05) is 5.69 Å². The zero-order chi connectivity index (χ0) is 22.3. The highest BCUT2D eigenvalue weighted by atomic mass is 32.2. The lowest BCUT2D eigenvalue weighted by Crippen LogP contribution is -2.49. The van der Waals surface area contributed by atoms with Crippen molar-refractivity contribution in [3.63, 3.8) is 0 Å². The molecule has 0 aliphatic carbocycles. The summed E-state index contributed by atoms with van der Waals surface area (Å²) in [6, 6.07) is 10.7. The maximum absolute atomic E-state index is 12.8. The first kappa shape index (κ1) is 23.0. The Morgan fingerprint density at radius 3 is 2.47 bits per heavy atom. The SMILES string of the molecule is CCC(C)C(NC(N)=O)C(=O)Nc1cccc(S(=O)(=O)Nc2ccccc2OC)c1. The molecule has 3 amide bonds. The summed E-state index contributed by atoms with van der Waals surface area (Å²) in [5, 5.41) is 5.06. The Morgan fingerprint density at radius 2 is 1.83 bits per heavy atom. The van der Waals surface area contributed by atoms with Gasteiger partial charge in [0.2, 0.25) is 5.91 Å². The fourth-order valence-corrected chi connectivity index (χ4v) is 3.86. The highest BCUT2D eigenvalue weighted by Gasteiger charge is 2.25. The molecule has 2 aromatic rings. The second-order valence-electron chi connectivity index (χ2n) is 6.69. The minimum absolute atomic E-state index is 0.0471. The van der Waals surface area contributed by atoms with Gasteiger partial charge in [0.25, 0.3) is 10.0 Å². The van der Waals surface area contributed by atoms with Crippen molar-refractivity contribution in [2.75, 3.05) is 17.1 Å². The summed E-state index contributed by atoms with van der Waals surface area (Å²) >= 11 is 0. The van der Waals surface area contributed by atoms with Gasteiger partial charge in [-0.3, -0.25) is 9.52 Å². The molecule has 0 aliphatic heterocycles. The third-order valence-electron chi connectivity index (χ3n) is 4.56. The van der Waals surface area contributed by atoms with Gasteiger partial charge in [-0.25, -0.2) is 13.2 Å². The second-order valence-corrected chi connectivity index (χ2v) is 8.38. The van der Waals surface area contributed by atoms with Crippen LogP contribution in [0, 0.1) is 5.92 Å². The smallest absolute Gasteiger partial charge is 0.312 e. The number of benzene rings is 2. The number of anilines is 2. The monoisotopic (exact) mass is 434 g/mol. The van der Waals surface area contributed by atoms with E-state index in [1.54, 1.807) is 37.3 Å². The number of para-hydroxylation sites is 2. The van der Waals surface area contributed by atoms with Crippen LogP contribution in [0.5, 0.6) is 5.75 Å². The minimum atomic E-state index is -3.94. The molecule has 0 radical (unpaired) electrons. The first-order valence-corrected chi connectivity index (χ1v) is 10.8. The number of carbonyl (C=O) groups excluding carboxylic acids is 2. The van der Waals surface area contributed by atoms with E-state index in [9.17, 15) is 18.0 Å². The van der Waals surface area contributed by atoms with Crippen LogP contribution < -0.4 is 25.8 Å². The van der Waals surface area contributed by atoms with Crippen LogP contribution >= 0.6 is 0 Å². The zero-order valence-corrected chi connectivity index (χ0v) is 17.8. The van der Waals surface area contributed by atoms with Crippen LogP contribution in [0.1, 0.15) is 20.3 Å². The van der Waals surface area contributed by atoms with Gasteiger partial charge in [0.05, 0.1) is 17.7 Å². The number of hydrogen-bond acceptors (Lipinski definition) is 5. The van der Waals surface area contributed by atoms with Gasteiger partial charge in [-0.05, 0) is 36.2 Å². The lowest BCUT2D eigenvalue weighted by molar-refractivity contribution is -0.119. The Bertz CT molecular complexity index is 1010. The summed E-state index contributed by atoms with van der Waals surface area (Å²) in [4.78, 5) is 23.8. The van der Waals surface area contributed by atoms with Crippen molar-refractivity contribution in [1.29, 1.82) is 0 Å². The van der Waals surface area contributed by atoms with E-state index in [1.165, 1.54) is 25.3 Å². The standard InChI is InChI=1S/C20H26N4O5S/c1-4-13(2)18(23-20(21)26)19(25)22-14-8-7-9-15(12-14)30(27,28)24-16-10-5-6-11-17(16)29-3/h5-13,18,24H,4H2,1-3H3,(H,22,25)(H3,21,23,26). The number of amides is 3. The molecule has 9 nitrogen and oxygen atoms in total. The molecule has 0 fully saturated rings. The van der Waals surface area contributed by atoms with Crippen molar-refractivity contribution in [2.45, 2.75) is 31.2 Å². The fourth-order valence-electron chi connectivity index (χ4n) is 2.75. The molecule has 0 spiro atoms. The molecular formula is C20H26N4O5S. The molecule has 2 atom stereocenters. The Kier molecular flexibility index (Phi) is 7.65. The number of nitrogens with two attached hydrogens (primary N) is 1. The highest BCUT2D eigenvalue weighted by Crippen LogP contribution is 2.27. The molecule has 0 heterocycles. The van der Waals surface area contributed by atoms with Gasteiger partial charge in [0.15, 0.2) is 0 Å².